The maximum absolute atomic E-state index is 12.4. The van der Waals surface area contributed by atoms with E-state index in [4.69, 9.17) is 0 Å². The Morgan fingerprint density at radius 3 is 2.15 bits per heavy atom. The molecule has 1 aliphatic carbocycles. The van der Waals surface area contributed by atoms with Crippen molar-refractivity contribution < 1.29 is 26.4 Å². The zero-order valence-electron chi connectivity index (χ0n) is 10.5. The Morgan fingerprint density at radius 1 is 1.05 bits per heavy atom. The molecule has 0 saturated heterocycles. The first-order chi connectivity index (χ1) is 9.23. The first-order valence-corrected chi connectivity index (χ1v) is 7.71. The summed E-state index contributed by atoms with van der Waals surface area (Å²) in [5.74, 6) is -0.351. The van der Waals surface area contributed by atoms with Gasteiger partial charge in [0.05, 0.1) is 10.5 Å². The lowest BCUT2D eigenvalue weighted by Crippen LogP contribution is -2.33. The lowest BCUT2D eigenvalue weighted by molar-refractivity contribution is -0.137. The monoisotopic (exact) mass is 306 g/mol. The molecular formula is C13H13F3O3S. The number of hydrogen-bond acceptors (Lipinski definition) is 3. The molecule has 0 aliphatic heterocycles. The van der Waals surface area contributed by atoms with E-state index in [2.05, 4.69) is 0 Å². The summed E-state index contributed by atoms with van der Waals surface area (Å²) in [5, 5.41) is -1.12. The molecular weight excluding hydrogens is 293 g/mol. The van der Waals surface area contributed by atoms with Gasteiger partial charge in [-0.3, -0.25) is 4.79 Å². The van der Waals surface area contributed by atoms with Gasteiger partial charge in [0.15, 0.2) is 15.6 Å². The van der Waals surface area contributed by atoms with Crippen LogP contribution >= 0.6 is 0 Å². The topological polar surface area (TPSA) is 51.2 Å². The highest BCUT2D eigenvalue weighted by Gasteiger charge is 2.36. The van der Waals surface area contributed by atoms with E-state index in [9.17, 15) is 26.4 Å². The molecule has 110 valence electrons. The number of benzene rings is 1. The number of carbonyl (C=O) groups excluding carboxylic acids is 1. The minimum atomic E-state index is -4.51. The number of rotatable bonds is 2. The van der Waals surface area contributed by atoms with Crippen LogP contribution in [0.1, 0.15) is 31.2 Å². The Labute approximate surface area is 114 Å². The average Bonchev–Trinajstić information content (AvgIpc) is 2.38. The van der Waals surface area contributed by atoms with Crippen LogP contribution in [0.15, 0.2) is 29.2 Å². The van der Waals surface area contributed by atoms with E-state index in [1.165, 1.54) is 0 Å². The summed E-state index contributed by atoms with van der Waals surface area (Å²) in [7, 11) is -3.89. The molecule has 1 unspecified atom stereocenters. The number of sulfone groups is 1. The zero-order chi connectivity index (χ0) is 15.0. The Hall–Kier alpha value is -1.37. The molecule has 0 radical (unpaired) electrons. The molecule has 0 heterocycles. The van der Waals surface area contributed by atoms with Gasteiger partial charge in [-0.1, -0.05) is 6.42 Å². The molecule has 0 spiro atoms. The van der Waals surface area contributed by atoms with Gasteiger partial charge in [0.1, 0.15) is 5.25 Å². The molecule has 1 fully saturated rings. The Kier molecular flexibility index (Phi) is 3.90. The van der Waals surface area contributed by atoms with E-state index < -0.39 is 26.8 Å². The number of hydrogen-bond donors (Lipinski definition) is 0. The van der Waals surface area contributed by atoms with Crippen LogP contribution in [-0.2, 0) is 20.8 Å². The van der Waals surface area contributed by atoms with E-state index in [1.807, 2.05) is 0 Å². The molecule has 1 saturated carbocycles. The summed E-state index contributed by atoms with van der Waals surface area (Å²) in [6.07, 6.45) is -2.76. The third-order valence-corrected chi connectivity index (χ3v) is 5.56. The van der Waals surface area contributed by atoms with Gasteiger partial charge in [0.25, 0.3) is 0 Å². The van der Waals surface area contributed by atoms with Gasteiger partial charge in [-0.15, -0.1) is 0 Å². The first-order valence-electron chi connectivity index (χ1n) is 6.17. The predicted octanol–water partition coefficient (Wildman–Crippen LogP) is 2.99. The second kappa shape index (κ2) is 5.20. The van der Waals surface area contributed by atoms with Gasteiger partial charge in [-0.2, -0.15) is 13.2 Å². The zero-order valence-corrected chi connectivity index (χ0v) is 11.3. The van der Waals surface area contributed by atoms with Crippen molar-refractivity contribution in [2.75, 3.05) is 0 Å². The molecule has 0 N–H and O–H groups in total. The highest BCUT2D eigenvalue weighted by Crippen LogP contribution is 2.31. The Bertz CT molecular complexity index is 603. The van der Waals surface area contributed by atoms with Gasteiger partial charge >= 0.3 is 6.18 Å². The van der Waals surface area contributed by atoms with Crippen molar-refractivity contribution in [3.8, 4) is 0 Å². The minimum absolute atomic E-state index is 0.213. The normalized spacial score (nSPS) is 20.9. The van der Waals surface area contributed by atoms with Gasteiger partial charge in [-0.05, 0) is 37.1 Å². The van der Waals surface area contributed by atoms with E-state index in [0.29, 0.717) is 12.8 Å². The first kappa shape index (κ1) is 15.0. The summed E-state index contributed by atoms with van der Waals surface area (Å²) < 4.78 is 61.8. The van der Waals surface area contributed by atoms with Crippen LogP contribution in [0.4, 0.5) is 13.2 Å². The van der Waals surface area contributed by atoms with Crippen LogP contribution in [-0.4, -0.2) is 19.5 Å². The van der Waals surface area contributed by atoms with E-state index in [-0.39, 0.29) is 23.5 Å². The standard InChI is InChI=1S/C13H13F3O3S/c14-13(15,16)9-5-7-10(8-6-9)20(18,19)12-4-2-1-3-11(12)17/h5-8,12H,1-4H2. The summed E-state index contributed by atoms with van der Waals surface area (Å²) in [5.41, 5.74) is -0.911. The van der Waals surface area contributed by atoms with Crippen molar-refractivity contribution in [1.82, 2.24) is 0 Å². The lowest BCUT2D eigenvalue weighted by Gasteiger charge is -2.20. The van der Waals surface area contributed by atoms with E-state index >= 15 is 0 Å². The van der Waals surface area contributed by atoms with Crippen molar-refractivity contribution in [3.63, 3.8) is 0 Å². The molecule has 0 amide bonds. The Balaban J connectivity index is 2.32. The van der Waals surface area contributed by atoms with Crippen molar-refractivity contribution in [1.29, 1.82) is 0 Å². The fraction of sp³-hybridized carbons (Fsp3) is 0.462. The van der Waals surface area contributed by atoms with Gasteiger partial charge < -0.3 is 0 Å². The molecule has 0 bridgehead atoms. The summed E-state index contributed by atoms with van der Waals surface area (Å²) in [6, 6.07) is 3.28. The molecule has 3 nitrogen and oxygen atoms in total. The van der Waals surface area contributed by atoms with Crippen molar-refractivity contribution in [2.24, 2.45) is 0 Å². The molecule has 1 aliphatic rings. The molecule has 20 heavy (non-hydrogen) atoms. The predicted molar refractivity (Wildman–Crippen MR) is 65.9 cm³/mol. The maximum atomic E-state index is 12.4. The van der Waals surface area contributed by atoms with E-state index in [1.54, 1.807) is 0 Å². The number of Topliss-reactive ketones (excluding diaryl/α,β-unsaturated/α-hetero) is 1. The van der Waals surface area contributed by atoms with Crippen LogP contribution in [0.3, 0.4) is 0 Å². The molecule has 7 heteroatoms. The Morgan fingerprint density at radius 2 is 1.65 bits per heavy atom. The fourth-order valence-corrected chi connectivity index (χ4v) is 4.06. The van der Waals surface area contributed by atoms with Crippen molar-refractivity contribution in [3.05, 3.63) is 29.8 Å². The third kappa shape index (κ3) is 2.87. The number of halogens is 3. The van der Waals surface area contributed by atoms with Gasteiger partial charge in [0, 0.05) is 6.42 Å². The van der Waals surface area contributed by atoms with Crippen molar-refractivity contribution in [2.45, 2.75) is 42.0 Å². The van der Waals surface area contributed by atoms with Crippen LogP contribution in [0.5, 0.6) is 0 Å². The summed E-state index contributed by atoms with van der Waals surface area (Å²) >= 11 is 0. The molecule has 1 atom stereocenters. The molecule has 1 aromatic rings. The molecule has 0 aromatic heterocycles. The maximum Gasteiger partial charge on any atom is 0.416 e. The lowest BCUT2D eigenvalue weighted by atomic mass is 9.99. The van der Waals surface area contributed by atoms with Crippen LogP contribution < -0.4 is 0 Å². The molecule has 2 rings (SSSR count). The second-order valence-corrected chi connectivity index (χ2v) is 6.90. The smallest absolute Gasteiger partial charge is 0.298 e. The number of ketones is 1. The average molecular weight is 306 g/mol. The summed E-state index contributed by atoms with van der Waals surface area (Å²) in [6.45, 7) is 0. The number of alkyl halides is 3. The summed E-state index contributed by atoms with van der Waals surface area (Å²) in [4.78, 5) is 11.5. The third-order valence-electron chi connectivity index (χ3n) is 3.38. The fourth-order valence-electron chi connectivity index (χ4n) is 2.28. The van der Waals surface area contributed by atoms with E-state index in [0.717, 1.165) is 24.3 Å². The quantitative estimate of drug-likeness (QED) is 0.844. The minimum Gasteiger partial charge on any atom is -0.298 e. The van der Waals surface area contributed by atoms with Crippen LogP contribution in [0, 0.1) is 0 Å². The highest BCUT2D eigenvalue weighted by atomic mass is 32.2. The second-order valence-electron chi connectivity index (χ2n) is 4.77. The van der Waals surface area contributed by atoms with Gasteiger partial charge in [0.2, 0.25) is 0 Å². The van der Waals surface area contributed by atoms with Crippen LogP contribution in [0.25, 0.3) is 0 Å². The van der Waals surface area contributed by atoms with Crippen LogP contribution in [0.2, 0.25) is 0 Å². The van der Waals surface area contributed by atoms with Crippen molar-refractivity contribution >= 4 is 15.6 Å². The van der Waals surface area contributed by atoms with Gasteiger partial charge in [-0.25, -0.2) is 8.42 Å². The SMILES string of the molecule is O=C1CCCCC1S(=O)(=O)c1ccc(C(F)(F)F)cc1. The number of carbonyl (C=O) groups is 1. The molecule has 1 aromatic carbocycles. The highest BCUT2D eigenvalue weighted by molar-refractivity contribution is 7.92. The largest absolute Gasteiger partial charge is 0.416 e.